The molecule has 1 nitrogen and oxygen atoms in total. The third-order valence-corrected chi connectivity index (χ3v) is 4.18. The van der Waals surface area contributed by atoms with E-state index in [1.165, 1.54) is 32.1 Å². The van der Waals surface area contributed by atoms with Crippen molar-refractivity contribution in [2.24, 2.45) is 11.3 Å². The molecule has 70 valence electrons. The van der Waals surface area contributed by atoms with Crippen LogP contribution in [0.15, 0.2) is 0 Å². The van der Waals surface area contributed by atoms with Gasteiger partial charge < -0.3 is 4.74 Å². The monoisotopic (exact) mass is 188 g/mol. The quantitative estimate of drug-likeness (QED) is 0.606. The van der Waals surface area contributed by atoms with Crippen molar-refractivity contribution < 1.29 is 4.74 Å². The lowest BCUT2D eigenvalue weighted by molar-refractivity contribution is 0.0498. The molecule has 12 heavy (non-hydrogen) atoms. The number of halogens is 1. The zero-order valence-electron chi connectivity index (χ0n) is 7.68. The maximum atomic E-state index is 5.86. The lowest BCUT2D eigenvalue weighted by Gasteiger charge is -2.28. The molecule has 1 unspecified atom stereocenters. The first kappa shape index (κ1) is 8.83. The average Bonchev–Trinajstić information content (AvgIpc) is 2.81. The van der Waals surface area contributed by atoms with Crippen LogP contribution in [0.3, 0.4) is 0 Å². The van der Waals surface area contributed by atoms with E-state index < -0.39 is 0 Å². The molecule has 2 fully saturated rings. The summed E-state index contributed by atoms with van der Waals surface area (Å²) in [6.07, 6.45) is 7.12. The van der Waals surface area contributed by atoms with E-state index >= 15 is 0 Å². The van der Waals surface area contributed by atoms with Crippen LogP contribution < -0.4 is 0 Å². The predicted octanol–water partition coefficient (Wildman–Crippen LogP) is 2.82. The highest BCUT2D eigenvalue weighted by Crippen LogP contribution is 2.61. The van der Waals surface area contributed by atoms with E-state index in [9.17, 15) is 0 Å². The molecule has 0 N–H and O–H groups in total. The van der Waals surface area contributed by atoms with Gasteiger partial charge in [0, 0.05) is 13.0 Å². The molecule has 0 aliphatic heterocycles. The highest BCUT2D eigenvalue weighted by molar-refractivity contribution is 6.18. The van der Waals surface area contributed by atoms with E-state index in [0.29, 0.717) is 11.5 Å². The van der Waals surface area contributed by atoms with Crippen molar-refractivity contribution in [3.63, 3.8) is 0 Å². The molecule has 0 heterocycles. The number of hydrogen-bond donors (Lipinski definition) is 0. The van der Waals surface area contributed by atoms with Crippen LogP contribution in [0.2, 0.25) is 0 Å². The zero-order valence-corrected chi connectivity index (χ0v) is 8.44. The lowest BCUT2D eigenvalue weighted by Crippen LogP contribution is -2.22. The first-order valence-electron chi connectivity index (χ1n) is 4.89. The molecule has 0 radical (unpaired) electrons. The Morgan fingerprint density at radius 3 is 2.50 bits per heavy atom. The molecule has 0 bridgehead atoms. The molecular weight excluding hydrogens is 172 g/mol. The summed E-state index contributed by atoms with van der Waals surface area (Å²) in [4.78, 5) is 0. The minimum absolute atomic E-state index is 0.534. The molecule has 0 aromatic carbocycles. The molecule has 2 aliphatic rings. The van der Waals surface area contributed by atoms with Crippen LogP contribution in [0.4, 0.5) is 0 Å². The standard InChI is InChI=1S/C10H17ClO/c1-12-9-2-4-10(5-3-9)6-8(10)7-11/h8-9H,2-7H2,1H3. The van der Waals surface area contributed by atoms with Crippen LogP contribution in [0.1, 0.15) is 32.1 Å². The Kier molecular flexibility index (Phi) is 2.35. The smallest absolute Gasteiger partial charge is 0.0571 e. The van der Waals surface area contributed by atoms with Gasteiger partial charge in [-0.2, -0.15) is 0 Å². The third-order valence-electron chi connectivity index (χ3n) is 3.81. The second-order valence-electron chi connectivity index (χ2n) is 4.35. The Hall–Kier alpha value is 0.250. The van der Waals surface area contributed by atoms with Gasteiger partial charge in [0.15, 0.2) is 0 Å². The Morgan fingerprint density at radius 2 is 2.08 bits per heavy atom. The van der Waals surface area contributed by atoms with Crippen LogP contribution in [0.25, 0.3) is 0 Å². The van der Waals surface area contributed by atoms with E-state index in [0.717, 1.165) is 11.8 Å². The highest BCUT2D eigenvalue weighted by Gasteiger charge is 2.53. The molecule has 0 aromatic rings. The normalized spacial score (nSPS) is 46.5. The van der Waals surface area contributed by atoms with E-state index in [1.54, 1.807) is 0 Å². The number of methoxy groups -OCH3 is 1. The van der Waals surface area contributed by atoms with Gasteiger partial charge in [-0.1, -0.05) is 0 Å². The minimum Gasteiger partial charge on any atom is -0.381 e. The van der Waals surface area contributed by atoms with E-state index in [1.807, 2.05) is 7.11 Å². The minimum atomic E-state index is 0.534. The van der Waals surface area contributed by atoms with Gasteiger partial charge in [-0.05, 0) is 43.4 Å². The summed E-state index contributed by atoms with van der Waals surface area (Å²) in [5, 5.41) is 0. The topological polar surface area (TPSA) is 9.23 Å². The fourth-order valence-corrected chi connectivity index (χ4v) is 3.10. The molecule has 0 saturated heterocycles. The lowest BCUT2D eigenvalue weighted by atomic mass is 9.83. The van der Waals surface area contributed by atoms with Gasteiger partial charge in [0.05, 0.1) is 6.10 Å². The first-order valence-corrected chi connectivity index (χ1v) is 5.43. The van der Waals surface area contributed by atoms with Crippen LogP contribution in [0, 0.1) is 11.3 Å². The molecule has 0 amide bonds. The summed E-state index contributed by atoms with van der Waals surface area (Å²) in [6.45, 7) is 0. The summed E-state index contributed by atoms with van der Waals surface area (Å²) in [5.41, 5.74) is 0.663. The van der Waals surface area contributed by atoms with Crippen LogP contribution in [-0.4, -0.2) is 19.1 Å². The Balaban J connectivity index is 1.84. The van der Waals surface area contributed by atoms with Gasteiger partial charge in [-0.3, -0.25) is 0 Å². The number of alkyl halides is 1. The molecule has 2 rings (SSSR count). The van der Waals surface area contributed by atoms with Gasteiger partial charge >= 0.3 is 0 Å². The van der Waals surface area contributed by atoms with Gasteiger partial charge in [0.2, 0.25) is 0 Å². The van der Waals surface area contributed by atoms with Crippen molar-refractivity contribution in [1.82, 2.24) is 0 Å². The number of hydrogen-bond acceptors (Lipinski definition) is 1. The Bertz CT molecular complexity index is 161. The van der Waals surface area contributed by atoms with Crippen LogP contribution in [0.5, 0.6) is 0 Å². The number of rotatable bonds is 2. The van der Waals surface area contributed by atoms with Gasteiger partial charge in [-0.25, -0.2) is 0 Å². The fourth-order valence-electron chi connectivity index (χ4n) is 2.66. The van der Waals surface area contributed by atoms with Gasteiger partial charge in [0.1, 0.15) is 0 Å². The fraction of sp³-hybridized carbons (Fsp3) is 1.00. The molecule has 2 saturated carbocycles. The predicted molar refractivity (Wildman–Crippen MR) is 50.5 cm³/mol. The van der Waals surface area contributed by atoms with Crippen molar-refractivity contribution in [2.45, 2.75) is 38.2 Å². The van der Waals surface area contributed by atoms with Crippen LogP contribution >= 0.6 is 11.6 Å². The molecule has 2 heteroatoms. The van der Waals surface area contributed by atoms with Crippen molar-refractivity contribution in [3.8, 4) is 0 Å². The second-order valence-corrected chi connectivity index (χ2v) is 4.66. The van der Waals surface area contributed by atoms with E-state index in [-0.39, 0.29) is 0 Å². The molecule has 1 spiro atoms. The Morgan fingerprint density at radius 1 is 1.42 bits per heavy atom. The van der Waals surface area contributed by atoms with Crippen LogP contribution in [-0.2, 0) is 4.74 Å². The summed E-state index contributed by atoms with van der Waals surface area (Å²) in [6, 6.07) is 0. The largest absolute Gasteiger partial charge is 0.381 e. The first-order chi connectivity index (χ1) is 5.80. The molecule has 1 atom stereocenters. The summed E-state index contributed by atoms with van der Waals surface area (Å²) >= 11 is 5.86. The summed E-state index contributed by atoms with van der Waals surface area (Å²) in [7, 11) is 1.83. The maximum Gasteiger partial charge on any atom is 0.0571 e. The molecular formula is C10H17ClO. The number of ether oxygens (including phenoxy) is 1. The Labute approximate surface area is 79.4 Å². The zero-order chi connectivity index (χ0) is 8.60. The van der Waals surface area contributed by atoms with Crippen molar-refractivity contribution in [3.05, 3.63) is 0 Å². The molecule has 2 aliphatic carbocycles. The SMILES string of the molecule is COC1CCC2(CC1)CC2CCl. The average molecular weight is 189 g/mol. The van der Waals surface area contributed by atoms with Crippen molar-refractivity contribution >= 4 is 11.6 Å². The summed E-state index contributed by atoms with van der Waals surface area (Å²) < 4.78 is 5.35. The maximum absolute atomic E-state index is 5.86. The molecule has 0 aromatic heterocycles. The second kappa shape index (κ2) is 3.19. The van der Waals surface area contributed by atoms with Crippen molar-refractivity contribution in [1.29, 1.82) is 0 Å². The van der Waals surface area contributed by atoms with Crippen molar-refractivity contribution in [2.75, 3.05) is 13.0 Å². The summed E-state index contributed by atoms with van der Waals surface area (Å²) in [5.74, 6) is 1.70. The third kappa shape index (κ3) is 1.38. The van der Waals surface area contributed by atoms with E-state index in [4.69, 9.17) is 16.3 Å². The van der Waals surface area contributed by atoms with E-state index in [2.05, 4.69) is 0 Å². The highest BCUT2D eigenvalue weighted by atomic mass is 35.5. The van der Waals surface area contributed by atoms with Gasteiger partial charge in [0.25, 0.3) is 0 Å². The van der Waals surface area contributed by atoms with Gasteiger partial charge in [-0.15, -0.1) is 11.6 Å².